The van der Waals surface area contributed by atoms with Gasteiger partial charge in [0.05, 0.1) is 6.20 Å². The lowest BCUT2D eigenvalue weighted by atomic mass is 10.1. The number of halogens is 1. The summed E-state index contributed by atoms with van der Waals surface area (Å²) >= 11 is 3.57. The maximum absolute atomic E-state index is 5.42. The van der Waals surface area contributed by atoms with Crippen LogP contribution in [0.5, 0.6) is 11.5 Å². The minimum Gasteiger partial charge on any atom is -0.454 e. The Hall–Kier alpha value is -1.49. The third kappa shape index (κ3) is 2.47. The molecule has 0 bridgehead atoms. The Balaban J connectivity index is 1.95. The van der Waals surface area contributed by atoms with E-state index in [-0.39, 0.29) is 6.79 Å². The van der Waals surface area contributed by atoms with Crippen molar-refractivity contribution in [2.75, 3.05) is 6.79 Å². The number of ether oxygens (including phenoxy) is 2. The molecule has 0 unspecified atom stereocenters. The van der Waals surface area contributed by atoms with Crippen LogP contribution in [0.3, 0.4) is 0 Å². The summed E-state index contributed by atoms with van der Waals surface area (Å²) in [6.07, 6.45) is 3.94. The van der Waals surface area contributed by atoms with Crippen molar-refractivity contribution in [2.24, 2.45) is 5.92 Å². The first kappa shape index (κ1) is 12.5. The Kier molecular flexibility index (Phi) is 3.22. The quantitative estimate of drug-likeness (QED) is 0.864. The molecule has 0 amide bonds. The number of hydrogen-bond acceptors (Lipinski definition) is 3. The molecule has 1 aliphatic heterocycles. The molecule has 0 spiro atoms. The second kappa shape index (κ2) is 4.89. The second-order valence-corrected chi connectivity index (χ2v) is 5.88. The van der Waals surface area contributed by atoms with Gasteiger partial charge in [-0.05, 0) is 18.1 Å². The summed E-state index contributed by atoms with van der Waals surface area (Å²) in [5, 5.41) is 4.39. The Morgan fingerprint density at radius 3 is 2.79 bits per heavy atom. The monoisotopic (exact) mass is 322 g/mol. The van der Waals surface area contributed by atoms with Gasteiger partial charge in [0.2, 0.25) is 6.79 Å². The van der Waals surface area contributed by atoms with Crippen molar-refractivity contribution in [1.29, 1.82) is 0 Å². The van der Waals surface area contributed by atoms with Crippen molar-refractivity contribution in [3.8, 4) is 22.6 Å². The molecule has 0 fully saturated rings. The highest BCUT2D eigenvalue weighted by Crippen LogP contribution is 2.40. The van der Waals surface area contributed by atoms with Crippen LogP contribution in [0, 0.1) is 5.92 Å². The Labute approximate surface area is 120 Å². The van der Waals surface area contributed by atoms with Crippen molar-refractivity contribution in [2.45, 2.75) is 20.4 Å². The van der Waals surface area contributed by atoms with Gasteiger partial charge in [-0.2, -0.15) is 5.10 Å². The predicted octanol–water partition coefficient (Wildman–Crippen LogP) is 3.70. The molecule has 2 heterocycles. The van der Waals surface area contributed by atoms with Crippen LogP contribution in [-0.4, -0.2) is 16.6 Å². The zero-order chi connectivity index (χ0) is 13.4. The standard InChI is InChI=1S/C14H15BrN2O2/c1-9(2)6-17-7-10(5-16-17)11-3-13-14(4-12(11)15)19-8-18-13/h3-5,7,9H,6,8H2,1-2H3. The lowest BCUT2D eigenvalue weighted by Crippen LogP contribution is -2.03. The molecule has 4 nitrogen and oxygen atoms in total. The van der Waals surface area contributed by atoms with E-state index in [0.717, 1.165) is 33.6 Å². The van der Waals surface area contributed by atoms with Crippen LogP contribution in [0.25, 0.3) is 11.1 Å². The van der Waals surface area contributed by atoms with E-state index in [1.54, 1.807) is 0 Å². The summed E-state index contributed by atoms with van der Waals surface area (Å²) < 4.78 is 13.7. The first-order valence-electron chi connectivity index (χ1n) is 6.25. The summed E-state index contributed by atoms with van der Waals surface area (Å²) in [5.74, 6) is 2.15. The van der Waals surface area contributed by atoms with E-state index < -0.39 is 0 Å². The van der Waals surface area contributed by atoms with E-state index in [0.29, 0.717) is 5.92 Å². The molecule has 0 N–H and O–H groups in total. The van der Waals surface area contributed by atoms with Crippen LogP contribution in [0.1, 0.15) is 13.8 Å². The number of nitrogens with zero attached hydrogens (tertiary/aromatic N) is 2. The molecule has 100 valence electrons. The molecule has 19 heavy (non-hydrogen) atoms. The lowest BCUT2D eigenvalue weighted by Gasteiger charge is -2.05. The van der Waals surface area contributed by atoms with Crippen LogP contribution in [0.2, 0.25) is 0 Å². The smallest absolute Gasteiger partial charge is 0.231 e. The molecule has 0 aliphatic carbocycles. The third-order valence-corrected chi connectivity index (χ3v) is 3.61. The average molecular weight is 323 g/mol. The van der Waals surface area contributed by atoms with Gasteiger partial charge in [-0.15, -0.1) is 0 Å². The molecule has 0 radical (unpaired) electrons. The molecule has 1 aliphatic rings. The van der Waals surface area contributed by atoms with E-state index in [4.69, 9.17) is 9.47 Å². The van der Waals surface area contributed by atoms with Gasteiger partial charge in [-0.3, -0.25) is 4.68 Å². The molecule has 0 atom stereocenters. The zero-order valence-corrected chi connectivity index (χ0v) is 12.5. The normalized spacial score (nSPS) is 13.3. The molecule has 5 heteroatoms. The molecule has 0 saturated carbocycles. The first-order chi connectivity index (χ1) is 9.13. The largest absolute Gasteiger partial charge is 0.454 e. The molecular weight excluding hydrogens is 308 g/mol. The van der Waals surface area contributed by atoms with Gasteiger partial charge >= 0.3 is 0 Å². The van der Waals surface area contributed by atoms with Crippen molar-refractivity contribution in [3.05, 3.63) is 29.0 Å². The summed E-state index contributed by atoms with van der Waals surface area (Å²) in [6.45, 7) is 5.57. The Morgan fingerprint density at radius 1 is 1.32 bits per heavy atom. The van der Waals surface area contributed by atoms with Gasteiger partial charge < -0.3 is 9.47 Å². The number of hydrogen-bond donors (Lipinski definition) is 0. The van der Waals surface area contributed by atoms with Gasteiger partial charge in [0.25, 0.3) is 0 Å². The Bertz CT molecular complexity index is 607. The Morgan fingerprint density at radius 2 is 2.05 bits per heavy atom. The van der Waals surface area contributed by atoms with E-state index >= 15 is 0 Å². The first-order valence-corrected chi connectivity index (χ1v) is 7.05. The number of fused-ring (bicyclic) bond motifs is 1. The van der Waals surface area contributed by atoms with Gasteiger partial charge in [0.15, 0.2) is 11.5 Å². The topological polar surface area (TPSA) is 36.3 Å². The number of benzene rings is 1. The summed E-state index contributed by atoms with van der Waals surface area (Å²) in [7, 11) is 0. The SMILES string of the molecule is CC(C)Cn1cc(-c2cc3c(cc2Br)OCO3)cn1. The van der Waals surface area contributed by atoms with Gasteiger partial charge in [-0.25, -0.2) is 0 Å². The van der Waals surface area contributed by atoms with E-state index in [9.17, 15) is 0 Å². The van der Waals surface area contributed by atoms with Gasteiger partial charge in [-0.1, -0.05) is 29.8 Å². The van der Waals surface area contributed by atoms with Gasteiger partial charge in [0, 0.05) is 28.3 Å². The minimum absolute atomic E-state index is 0.290. The molecule has 2 aromatic rings. The van der Waals surface area contributed by atoms with E-state index in [1.807, 2.05) is 23.0 Å². The zero-order valence-electron chi connectivity index (χ0n) is 10.9. The van der Waals surface area contributed by atoms with Crippen LogP contribution < -0.4 is 9.47 Å². The maximum atomic E-state index is 5.42. The second-order valence-electron chi connectivity index (χ2n) is 5.03. The molecular formula is C14H15BrN2O2. The lowest BCUT2D eigenvalue weighted by molar-refractivity contribution is 0.174. The third-order valence-electron chi connectivity index (χ3n) is 2.96. The average Bonchev–Trinajstić information content (AvgIpc) is 2.95. The highest BCUT2D eigenvalue weighted by molar-refractivity contribution is 9.10. The van der Waals surface area contributed by atoms with Crippen molar-refractivity contribution < 1.29 is 9.47 Å². The fraction of sp³-hybridized carbons (Fsp3) is 0.357. The molecule has 3 rings (SSSR count). The van der Waals surface area contributed by atoms with E-state index in [1.165, 1.54) is 0 Å². The fourth-order valence-electron chi connectivity index (χ4n) is 2.12. The molecule has 1 aromatic heterocycles. The number of rotatable bonds is 3. The molecule has 1 aromatic carbocycles. The summed E-state index contributed by atoms with van der Waals surface area (Å²) in [6, 6.07) is 3.93. The van der Waals surface area contributed by atoms with Crippen LogP contribution in [-0.2, 0) is 6.54 Å². The summed E-state index contributed by atoms with van der Waals surface area (Å²) in [5.41, 5.74) is 2.14. The van der Waals surface area contributed by atoms with Crippen molar-refractivity contribution >= 4 is 15.9 Å². The van der Waals surface area contributed by atoms with Crippen molar-refractivity contribution in [1.82, 2.24) is 9.78 Å². The van der Waals surface area contributed by atoms with E-state index in [2.05, 4.69) is 41.1 Å². The van der Waals surface area contributed by atoms with Crippen LogP contribution in [0.4, 0.5) is 0 Å². The van der Waals surface area contributed by atoms with Gasteiger partial charge in [0.1, 0.15) is 0 Å². The number of aromatic nitrogens is 2. The molecule has 0 saturated heterocycles. The highest BCUT2D eigenvalue weighted by Gasteiger charge is 2.17. The minimum atomic E-state index is 0.290. The van der Waals surface area contributed by atoms with Crippen molar-refractivity contribution in [3.63, 3.8) is 0 Å². The predicted molar refractivity (Wildman–Crippen MR) is 76.3 cm³/mol. The highest BCUT2D eigenvalue weighted by atomic mass is 79.9. The fourth-order valence-corrected chi connectivity index (χ4v) is 2.67. The summed E-state index contributed by atoms with van der Waals surface area (Å²) in [4.78, 5) is 0. The van der Waals surface area contributed by atoms with Crippen LogP contribution >= 0.6 is 15.9 Å². The van der Waals surface area contributed by atoms with Crippen LogP contribution in [0.15, 0.2) is 29.0 Å². The maximum Gasteiger partial charge on any atom is 0.231 e.